The van der Waals surface area contributed by atoms with Crippen LogP contribution in [0.25, 0.3) is 39.4 Å². The van der Waals surface area contributed by atoms with E-state index in [9.17, 15) is 4.79 Å². The minimum absolute atomic E-state index is 0.224. The number of hydrogen-bond acceptors (Lipinski definition) is 7. The van der Waals surface area contributed by atoms with Crippen LogP contribution in [0.15, 0.2) is 103 Å². The monoisotopic (exact) mass is 575 g/mol. The van der Waals surface area contributed by atoms with Crippen LogP contribution in [0, 0.1) is 0 Å². The van der Waals surface area contributed by atoms with Gasteiger partial charge in [0.15, 0.2) is 5.82 Å². The predicted molar refractivity (Wildman–Crippen MR) is 166 cm³/mol. The molecule has 210 valence electrons. The van der Waals surface area contributed by atoms with Crippen LogP contribution < -0.4 is 19.6 Å². The van der Waals surface area contributed by atoms with Crippen molar-refractivity contribution in [3.63, 3.8) is 0 Å². The molecule has 8 nitrogen and oxygen atoms in total. The van der Waals surface area contributed by atoms with Crippen molar-refractivity contribution in [2.75, 3.05) is 13.2 Å². The Bertz CT molecular complexity index is 1920. The molecule has 0 amide bonds. The molecule has 0 saturated carbocycles. The fourth-order valence-electron chi connectivity index (χ4n) is 4.43. The molecule has 3 aromatic heterocycles. The van der Waals surface area contributed by atoms with Crippen LogP contribution in [0.2, 0.25) is 0 Å². The van der Waals surface area contributed by atoms with Gasteiger partial charge in [-0.05, 0) is 73.2 Å². The van der Waals surface area contributed by atoms with Crippen molar-refractivity contribution in [2.45, 2.75) is 19.8 Å². The second kappa shape index (κ2) is 12.2. The fourth-order valence-corrected chi connectivity index (χ4v) is 5.32. The van der Waals surface area contributed by atoms with E-state index < -0.39 is 0 Å². The third kappa shape index (κ3) is 5.73. The van der Waals surface area contributed by atoms with Gasteiger partial charge in [-0.15, -0.1) is 5.10 Å². The summed E-state index contributed by atoms with van der Waals surface area (Å²) in [5.41, 5.74) is 4.00. The number of rotatable bonds is 11. The van der Waals surface area contributed by atoms with Gasteiger partial charge >= 0.3 is 0 Å². The first-order valence-electron chi connectivity index (χ1n) is 13.8. The van der Waals surface area contributed by atoms with Crippen LogP contribution in [0.1, 0.15) is 25.3 Å². The van der Waals surface area contributed by atoms with Gasteiger partial charge in [0.25, 0.3) is 5.56 Å². The summed E-state index contributed by atoms with van der Waals surface area (Å²) in [6.45, 7) is 6.92. The van der Waals surface area contributed by atoms with Crippen molar-refractivity contribution in [2.24, 2.45) is 0 Å². The molecular weight excluding hydrogens is 546 g/mol. The van der Waals surface area contributed by atoms with Gasteiger partial charge in [-0.25, -0.2) is 4.68 Å². The van der Waals surface area contributed by atoms with Gasteiger partial charge in [0.2, 0.25) is 4.96 Å². The van der Waals surface area contributed by atoms with Gasteiger partial charge in [-0.1, -0.05) is 55.5 Å². The molecule has 0 aliphatic rings. The zero-order valence-corrected chi connectivity index (χ0v) is 24.0. The highest BCUT2D eigenvalue weighted by Gasteiger charge is 2.15. The number of aromatic nitrogens is 5. The van der Waals surface area contributed by atoms with E-state index in [-0.39, 0.29) is 5.56 Å². The second-order valence-corrected chi connectivity index (χ2v) is 10.6. The van der Waals surface area contributed by atoms with E-state index >= 15 is 0 Å². The Morgan fingerprint density at radius 1 is 0.905 bits per heavy atom. The lowest BCUT2D eigenvalue weighted by Crippen LogP contribution is -2.23. The number of thiazole rings is 1. The van der Waals surface area contributed by atoms with Gasteiger partial charge in [0, 0.05) is 22.9 Å². The molecule has 0 saturated heterocycles. The Morgan fingerprint density at radius 3 is 2.31 bits per heavy atom. The number of para-hydroxylation sites is 1. The predicted octanol–water partition coefficient (Wildman–Crippen LogP) is 5.96. The lowest BCUT2D eigenvalue weighted by molar-refractivity contribution is 0.309. The van der Waals surface area contributed by atoms with E-state index in [0.717, 1.165) is 52.4 Å². The Morgan fingerprint density at radius 2 is 1.62 bits per heavy atom. The fraction of sp³-hybridized carbons (Fsp3) is 0.152. The highest BCUT2D eigenvalue weighted by molar-refractivity contribution is 7.15. The first kappa shape index (κ1) is 27.2. The summed E-state index contributed by atoms with van der Waals surface area (Å²) in [4.78, 5) is 18.6. The number of ether oxygens (including phenoxy) is 2. The molecule has 3 heterocycles. The molecule has 42 heavy (non-hydrogen) atoms. The van der Waals surface area contributed by atoms with Gasteiger partial charge < -0.3 is 9.47 Å². The largest absolute Gasteiger partial charge is 0.494 e. The maximum Gasteiger partial charge on any atom is 0.291 e. The SMILES string of the molecule is C=CCOc1ccc(-c2nc3sc(=Cc4cn(-c5ccccc5)nc4-c4ccc(OCCCC)cc4)c(=O)n3n2)cc1. The average Bonchev–Trinajstić information content (AvgIpc) is 3.72. The Labute approximate surface area is 246 Å². The Balaban J connectivity index is 1.36. The van der Waals surface area contributed by atoms with Crippen LogP contribution in [0.4, 0.5) is 0 Å². The third-order valence-corrected chi connectivity index (χ3v) is 7.57. The van der Waals surface area contributed by atoms with Gasteiger partial charge in [-0.2, -0.15) is 14.6 Å². The summed E-state index contributed by atoms with van der Waals surface area (Å²) in [6, 6.07) is 25.2. The van der Waals surface area contributed by atoms with Gasteiger partial charge in [0.1, 0.15) is 23.8 Å². The van der Waals surface area contributed by atoms with Crippen molar-refractivity contribution >= 4 is 22.4 Å². The van der Waals surface area contributed by atoms with Gasteiger partial charge in [-0.3, -0.25) is 4.79 Å². The normalized spacial score (nSPS) is 11.7. The first-order chi connectivity index (χ1) is 20.6. The van der Waals surface area contributed by atoms with Crippen LogP contribution in [-0.4, -0.2) is 37.6 Å². The van der Waals surface area contributed by atoms with E-state index in [2.05, 4.69) is 23.6 Å². The van der Waals surface area contributed by atoms with E-state index in [0.29, 0.717) is 28.5 Å². The summed E-state index contributed by atoms with van der Waals surface area (Å²) in [5, 5.41) is 9.40. The molecule has 0 radical (unpaired) electrons. The minimum atomic E-state index is -0.224. The summed E-state index contributed by atoms with van der Waals surface area (Å²) in [5.74, 6) is 2.04. The second-order valence-electron chi connectivity index (χ2n) is 9.61. The molecule has 0 N–H and O–H groups in total. The number of benzene rings is 3. The average molecular weight is 576 g/mol. The zero-order valence-electron chi connectivity index (χ0n) is 23.1. The number of fused-ring (bicyclic) bond motifs is 1. The summed E-state index contributed by atoms with van der Waals surface area (Å²) >= 11 is 1.30. The van der Waals surface area contributed by atoms with Crippen LogP contribution in [0.5, 0.6) is 11.5 Å². The lowest BCUT2D eigenvalue weighted by atomic mass is 10.1. The third-order valence-electron chi connectivity index (χ3n) is 6.61. The van der Waals surface area contributed by atoms with E-state index in [1.165, 1.54) is 15.9 Å². The van der Waals surface area contributed by atoms with Gasteiger partial charge in [0.05, 0.1) is 16.8 Å². The number of unbranched alkanes of at least 4 members (excludes halogenated alkanes) is 1. The quantitative estimate of drug-likeness (QED) is 0.140. The molecule has 0 bridgehead atoms. The maximum atomic E-state index is 13.4. The molecule has 9 heteroatoms. The molecule has 6 rings (SSSR count). The van der Waals surface area contributed by atoms with E-state index in [1.807, 2.05) is 95.8 Å². The molecule has 0 unspecified atom stereocenters. The zero-order chi connectivity index (χ0) is 28.9. The minimum Gasteiger partial charge on any atom is -0.494 e. The molecule has 0 aliphatic heterocycles. The highest BCUT2D eigenvalue weighted by Crippen LogP contribution is 2.27. The smallest absolute Gasteiger partial charge is 0.291 e. The van der Waals surface area contributed by atoms with Crippen LogP contribution in [0.3, 0.4) is 0 Å². The van der Waals surface area contributed by atoms with Crippen molar-refractivity contribution in [3.8, 4) is 39.8 Å². The van der Waals surface area contributed by atoms with Crippen molar-refractivity contribution < 1.29 is 9.47 Å². The highest BCUT2D eigenvalue weighted by atomic mass is 32.1. The summed E-state index contributed by atoms with van der Waals surface area (Å²) in [7, 11) is 0. The standard InChI is InChI=1S/C33H29N5O3S/c1-3-5-20-41-28-15-11-23(12-16-28)30-25(22-37(35-30)26-9-7-6-8-10-26)21-29-32(39)38-33(42-29)34-31(36-38)24-13-17-27(18-14-24)40-19-4-2/h4,6-18,21-22H,2-3,5,19-20H2,1H3. The first-order valence-corrected chi connectivity index (χ1v) is 14.6. The summed E-state index contributed by atoms with van der Waals surface area (Å²) in [6.07, 6.45) is 7.59. The topological polar surface area (TPSA) is 83.5 Å². The molecule has 0 atom stereocenters. The lowest BCUT2D eigenvalue weighted by Gasteiger charge is -2.06. The molecule has 0 aliphatic carbocycles. The van der Waals surface area contributed by atoms with Crippen molar-refractivity contribution in [1.29, 1.82) is 0 Å². The molecule has 0 spiro atoms. The summed E-state index contributed by atoms with van der Waals surface area (Å²) < 4.78 is 15.1. The molecule has 3 aromatic carbocycles. The molecule has 6 aromatic rings. The van der Waals surface area contributed by atoms with Crippen molar-refractivity contribution in [3.05, 3.63) is 118 Å². The Kier molecular flexibility index (Phi) is 7.91. The van der Waals surface area contributed by atoms with Crippen molar-refractivity contribution in [1.82, 2.24) is 24.4 Å². The molecule has 0 fully saturated rings. The number of hydrogen-bond donors (Lipinski definition) is 0. The molecular formula is C33H29N5O3S. The maximum absolute atomic E-state index is 13.4. The number of nitrogens with zero attached hydrogens (tertiary/aromatic N) is 5. The van der Waals surface area contributed by atoms with E-state index in [1.54, 1.807) is 6.08 Å². The Hall–Kier alpha value is -5.02. The van der Waals surface area contributed by atoms with E-state index in [4.69, 9.17) is 14.6 Å². The van der Waals surface area contributed by atoms with Crippen LogP contribution >= 0.6 is 11.3 Å². The van der Waals surface area contributed by atoms with Crippen LogP contribution in [-0.2, 0) is 0 Å².